The Morgan fingerprint density at radius 2 is 1.92 bits per heavy atom. The monoisotopic (exact) mass is 384 g/mol. The van der Waals surface area contributed by atoms with Crippen LogP contribution in [0.25, 0.3) is 5.76 Å². The maximum Gasteiger partial charge on any atom is 0.524 e. The van der Waals surface area contributed by atoms with E-state index in [1.54, 1.807) is 19.2 Å². The highest BCUT2D eigenvalue weighted by Crippen LogP contribution is 2.61. The van der Waals surface area contributed by atoms with Gasteiger partial charge in [-0.25, -0.2) is 4.57 Å². The number of halogens is 1. The van der Waals surface area contributed by atoms with Gasteiger partial charge in [-0.1, -0.05) is 12.1 Å². The van der Waals surface area contributed by atoms with Gasteiger partial charge in [-0.05, 0) is 67.6 Å². The van der Waals surface area contributed by atoms with Crippen LogP contribution < -0.4 is 4.52 Å². The third-order valence-electron chi connectivity index (χ3n) is 5.78. The maximum absolute atomic E-state index is 11.1. The minimum Gasteiger partial charge on any atom is -0.496 e. The highest BCUT2D eigenvalue weighted by Gasteiger charge is 2.53. The second kappa shape index (κ2) is 6.02. The first-order valence-corrected chi connectivity index (χ1v) is 10.5. The van der Waals surface area contributed by atoms with Gasteiger partial charge in [0.1, 0.15) is 11.5 Å². The third kappa shape index (κ3) is 3.35. The summed E-state index contributed by atoms with van der Waals surface area (Å²) in [4.78, 5) is 18.0. The molecule has 25 heavy (non-hydrogen) atoms. The Kier molecular flexibility index (Phi) is 4.19. The summed E-state index contributed by atoms with van der Waals surface area (Å²) in [6, 6.07) is 6.77. The van der Waals surface area contributed by atoms with Crippen LogP contribution >= 0.6 is 19.4 Å². The number of ether oxygens (including phenoxy) is 1. The molecule has 0 spiro atoms. The molecule has 4 fully saturated rings. The van der Waals surface area contributed by atoms with E-state index in [2.05, 4.69) is 0 Å². The van der Waals surface area contributed by atoms with Crippen LogP contribution in [-0.4, -0.2) is 21.8 Å². The van der Waals surface area contributed by atoms with Crippen molar-refractivity contribution in [1.82, 2.24) is 0 Å². The fourth-order valence-electron chi connectivity index (χ4n) is 5.30. The molecule has 0 aromatic heterocycles. The predicted molar refractivity (Wildman–Crippen MR) is 95.2 cm³/mol. The number of phosphoric ester groups is 1. The molecule has 5 nitrogen and oxygen atoms in total. The summed E-state index contributed by atoms with van der Waals surface area (Å²) in [5.74, 6) is 2.53. The van der Waals surface area contributed by atoms with Crippen molar-refractivity contribution < 1.29 is 23.6 Å². The molecular formula is C18H22ClO5P. The molecule has 4 saturated carbocycles. The fraction of sp³-hybridized carbons (Fsp3) is 0.556. The number of benzene rings is 1. The van der Waals surface area contributed by atoms with Gasteiger partial charge < -0.3 is 9.26 Å². The number of allylic oxidation sites excluding steroid dienone is 1. The first kappa shape index (κ1) is 17.4. The first-order chi connectivity index (χ1) is 11.8. The topological polar surface area (TPSA) is 76.0 Å². The van der Waals surface area contributed by atoms with Crippen molar-refractivity contribution in [2.24, 2.45) is 17.8 Å². The van der Waals surface area contributed by atoms with Gasteiger partial charge in [0.2, 0.25) is 0 Å². The lowest BCUT2D eigenvalue weighted by Crippen LogP contribution is -2.48. The quantitative estimate of drug-likeness (QED) is 0.459. The summed E-state index contributed by atoms with van der Waals surface area (Å²) >= 11 is 6.82. The number of alkyl halides is 1. The first-order valence-electron chi connectivity index (χ1n) is 8.59. The minimum atomic E-state index is -4.58. The lowest BCUT2D eigenvalue weighted by molar-refractivity contribution is 0.0843. The SMILES string of the molecule is COC(=C1C2CC3CC1CC(Cl)(C3)C2)c1cccc(OP(=O)(O)O)c1. The largest absolute Gasteiger partial charge is 0.524 e. The Hall–Kier alpha value is -1.00. The van der Waals surface area contributed by atoms with Crippen molar-refractivity contribution >= 4 is 25.2 Å². The van der Waals surface area contributed by atoms with Crippen LogP contribution in [0.15, 0.2) is 29.8 Å². The summed E-state index contributed by atoms with van der Waals surface area (Å²) in [5.41, 5.74) is 2.11. The number of rotatable bonds is 4. The van der Waals surface area contributed by atoms with Gasteiger partial charge in [0, 0.05) is 10.4 Å². The molecule has 5 rings (SSSR count). The van der Waals surface area contributed by atoms with Crippen molar-refractivity contribution in [3.05, 3.63) is 35.4 Å². The van der Waals surface area contributed by atoms with Crippen LogP contribution in [0.1, 0.15) is 37.7 Å². The zero-order valence-corrected chi connectivity index (χ0v) is 15.7. The Labute approximate surface area is 152 Å². The molecule has 0 saturated heterocycles. The van der Waals surface area contributed by atoms with Gasteiger partial charge in [0.15, 0.2) is 0 Å². The zero-order valence-electron chi connectivity index (χ0n) is 14.0. The number of hydrogen-bond acceptors (Lipinski definition) is 3. The van der Waals surface area contributed by atoms with Gasteiger partial charge in [-0.2, -0.15) is 0 Å². The second-order valence-corrected chi connectivity index (χ2v) is 9.56. The molecule has 4 bridgehead atoms. The lowest BCUT2D eigenvalue weighted by Gasteiger charge is -2.55. The van der Waals surface area contributed by atoms with E-state index < -0.39 is 7.82 Å². The number of hydrogen-bond donors (Lipinski definition) is 2. The molecule has 136 valence electrons. The van der Waals surface area contributed by atoms with E-state index in [-0.39, 0.29) is 10.6 Å². The summed E-state index contributed by atoms with van der Waals surface area (Å²) in [7, 11) is -2.93. The van der Waals surface area contributed by atoms with Crippen LogP contribution in [0.3, 0.4) is 0 Å². The van der Waals surface area contributed by atoms with Gasteiger partial charge in [0.05, 0.1) is 7.11 Å². The maximum atomic E-state index is 11.1. The Bertz CT molecular complexity index is 752. The Balaban J connectivity index is 1.72. The average molecular weight is 385 g/mol. The second-order valence-electron chi connectivity index (χ2n) is 7.59. The molecule has 0 amide bonds. The van der Waals surface area contributed by atoms with Crippen LogP contribution in [0.5, 0.6) is 5.75 Å². The van der Waals surface area contributed by atoms with Crippen LogP contribution in [0, 0.1) is 17.8 Å². The van der Waals surface area contributed by atoms with E-state index in [4.69, 9.17) is 30.6 Å². The molecule has 0 radical (unpaired) electrons. The van der Waals surface area contributed by atoms with Crippen molar-refractivity contribution in [1.29, 1.82) is 0 Å². The molecule has 1 aromatic carbocycles. The van der Waals surface area contributed by atoms with E-state index in [9.17, 15) is 4.57 Å². The van der Waals surface area contributed by atoms with Crippen molar-refractivity contribution in [3.63, 3.8) is 0 Å². The van der Waals surface area contributed by atoms with Crippen molar-refractivity contribution in [3.8, 4) is 5.75 Å². The number of methoxy groups -OCH3 is 1. The standard InChI is InChI=1S/C18H22ClO5P/c1-23-17(12-3-2-4-15(7-12)24-25(20,21)22)16-13-5-11-6-14(16)10-18(19,8-11)9-13/h2-4,7,11,13-14H,5-6,8-10H2,1H3,(H2,20,21,22). The van der Waals surface area contributed by atoms with E-state index >= 15 is 0 Å². The molecule has 2 unspecified atom stereocenters. The molecule has 2 N–H and O–H groups in total. The van der Waals surface area contributed by atoms with Gasteiger partial charge in [-0.15, -0.1) is 11.6 Å². The summed E-state index contributed by atoms with van der Waals surface area (Å²) < 4.78 is 21.6. The van der Waals surface area contributed by atoms with Gasteiger partial charge in [0.25, 0.3) is 0 Å². The highest BCUT2D eigenvalue weighted by atomic mass is 35.5. The zero-order chi connectivity index (χ0) is 17.8. The van der Waals surface area contributed by atoms with E-state index in [1.165, 1.54) is 11.6 Å². The Morgan fingerprint density at radius 1 is 1.24 bits per heavy atom. The molecule has 4 aliphatic rings. The average Bonchev–Trinajstić information content (AvgIpc) is 2.47. The van der Waals surface area contributed by atoms with Crippen LogP contribution in [-0.2, 0) is 9.30 Å². The normalized spacial score (nSPS) is 33.4. The van der Waals surface area contributed by atoms with Crippen molar-refractivity contribution in [2.45, 2.75) is 37.0 Å². The van der Waals surface area contributed by atoms with E-state index in [0.717, 1.165) is 43.4 Å². The lowest BCUT2D eigenvalue weighted by atomic mass is 9.53. The predicted octanol–water partition coefficient (Wildman–Crippen LogP) is 4.33. The molecule has 2 atom stereocenters. The Morgan fingerprint density at radius 3 is 2.48 bits per heavy atom. The van der Waals surface area contributed by atoms with E-state index in [0.29, 0.717) is 17.8 Å². The summed E-state index contributed by atoms with van der Waals surface area (Å²) in [5, 5.41) is 0. The molecule has 7 heteroatoms. The highest BCUT2D eigenvalue weighted by molar-refractivity contribution is 7.46. The number of phosphoric acid groups is 1. The summed E-state index contributed by atoms with van der Waals surface area (Å²) in [6.07, 6.45) is 5.42. The fourth-order valence-corrected chi connectivity index (χ4v) is 6.28. The van der Waals surface area contributed by atoms with Crippen LogP contribution in [0.2, 0.25) is 0 Å². The molecule has 0 aliphatic heterocycles. The van der Waals surface area contributed by atoms with Gasteiger partial charge >= 0.3 is 7.82 Å². The van der Waals surface area contributed by atoms with E-state index in [1.807, 2.05) is 6.07 Å². The smallest absolute Gasteiger partial charge is 0.496 e. The molecular weight excluding hydrogens is 363 g/mol. The molecule has 0 heterocycles. The van der Waals surface area contributed by atoms with Gasteiger partial charge in [-0.3, -0.25) is 9.79 Å². The minimum absolute atomic E-state index is 0.0514. The summed E-state index contributed by atoms with van der Waals surface area (Å²) in [6.45, 7) is 0. The third-order valence-corrected chi connectivity index (χ3v) is 6.69. The van der Waals surface area contributed by atoms with Crippen LogP contribution in [0.4, 0.5) is 0 Å². The molecule has 4 aliphatic carbocycles. The molecule has 1 aromatic rings. The van der Waals surface area contributed by atoms with Crippen molar-refractivity contribution in [2.75, 3.05) is 7.11 Å².